The van der Waals surface area contributed by atoms with Gasteiger partial charge in [0.05, 0.1) is 0 Å². The molecule has 4 heteroatoms. The van der Waals surface area contributed by atoms with Gasteiger partial charge in [0, 0.05) is 24.1 Å². The van der Waals surface area contributed by atoms with Gasteiger partial charge in [0.1, 0.15) is 0 Å². The smallest absolute Gasteiger partial charge is 0.209 e. The van der Waals surface area contributed by atoms with Crippen LogP contribution in [0.15, 0.2) is 24.3 Å². The molecule has 72 valence electrons. The van der Waals surface area contributed by atoms with E-state index in [0.717, 1.165) is 16.5 Å². The number of nitrogens with zero attached hydrogens (tertiary/aromatic N) is 1. The summed E-state index contributed by atoms with van der Waals surface area (Å²) >= 11 is 11.1. The van der Waals surface area contributed by atoms with E-state index in [0.29, 0.717) is 0 Å². The van der Waals surface area contributed by atoms with Crippen molar-refractivity contribution >= 4 is 29.6 Å². The minimum absolute atomic E-state index is 0.717. The molecule has 13 heavy (non-hydrogen) atoms. The molecule has 0 bridgehead atoms. The third-order valence-corrected chi connectivity index (χ3v) is 1.52. The molecule has 0 spiro atoms. The van der Waals surface area contributed by atoms with E-state index >= 15 is 0 Å². The molecule has 0 heterocycles. The summed E-state index contributed by atoms with van der Waals surface area (Å²) in [4.78, 5) is 10.9. The van der Waals surface area contributed by atoms with Crippen LogP contribution in [0, 0.1) is 0 Å². The van der Waals surface area contributed by atoms with Crippen molar-refractivity contribution in [2.24, 2.45) is 0 Å². The molecule has 0 aliphatic heterocycles. The van der Waals surface area contributed by atoms with Crippen LogP contribution < -0.4 is 0 Å². The molecule has 0 aliphatic rings. The van der Waals surface area contributed by atoms with Crippen LogP contribution in [-0.2, 0) is 4.79 Å². The first kappa shape index (κ1) is 12.3. The van der Waals surface area contributed by atoms with Gasteiger partial charge in [0.15, 0.2) is 0 Å². The molecule has 1 aromatic rings. The Morgan fingerprint density at radius 1 is 1.08 bits per heavy atom. The van der Waals surface area contributed by atoms with Gasteiger partial charge in [0.2, 0.25) is 6.41 Å². The standard InChI is InChI=1S/C6H4Cl2.C3H7NO/c7-5-1-2-6(8)4-3-5;1-4(2)3-5/h1-4H;3H,1-2H3. The molecule has 2 nitrogen and oxygen atoms in total. The van der Waals surface area contributed by atoms with Crippen molar-refractivity contribution in [2.45, 2.75) is 0 Å². The number of rotatable bonds is 1. The van der Waals surface area contributed by atoms with E-state index in [1.54, 1.807) is 38.4 Å². The molecule has 0 N–H and O–H groups in total. The summed E-state index contributed by atoms with van der Waals surface area (Å²) in [6.45, 7) is 0. The fourth-order valence-electron chi connectivity index (χ4n) is 0.430. The predicted octanol–water partition coefficient (Wildman–Crippen LogP) is 2.70. The largest absolute Gasteiger partial charge is 0.351 e. The molecule has 0 aliphatic carbocycles. The van der Waals surface area contributed by atoms with Gasteiger partial charge in [-0.15, -0.1) is 0 Å². The number of halogens is 2. The minimum Gasteiger partial charge on any atom is -0.351 e. The van der Waals surface area contributed by atoms with Crippen LogP contribution in [0.2, 0.25) is 10.0 Å². The van der Waals surface area contributed by atoms with Gasteiger partial charge >= 0.3 is 0 Å². The summed E-state index contributed by atoms with van der Waals surface area (Å²) in [7, 11) is 3.38. The zero-order valence-corrected chi connectivity index (χ0v) is 9.01. The van der Waals surface area contributed by atoms with Crippen LogP contribution in [0.1, 0.15) is 0 Å². The molecule has 0 saturated carbocycles. The lowest BCUT2D eigenvalue weighted by molar-refractivity contribution is -0.115. The van der Waals surface area contributed by atoms with Crippen molar-refractivity contribution < 1.29 is 4.79 Å². The molecule has 1 aromatic carbocycles. The van der Waals surface area contributed by atoms with E-state index in [-0.39, 0.29) is 0 Å². The van der Waals surface area contributed by atoms with E-state index < -0.39 is 0 Å². The molecule has 0 radical (unpaired) electrons. The van der Waals surface area contributed by atoms with Gasteiger partial charge < -0.3 is 4.90 Å². The maximum atomic E-state index is 9.43. The van der Waals surface area contributed by atoms with Crippen LogP contribution >= 0.6 is 23.2 Å². The average Bonchev–Trinajstić information content (AvgIpc) is 2.11. The Hall–Kier alpha value is -0.730. The molecular formula is C9H11Cl2NO. The average molecular weight is 220 g/mol. The molecular weight excluding hydrogens is 209 g/mol. The number of hydrogen-bond donors (Lipinski definition) is 0. The summed E-state index contributed by atoms with van der Waals surface area (Å²) in [5.41, 5.74) is 0. The second-order valence-corrected chi connectivity index (χ2v) is 3.38. The maximum absolute atomic E-state index is 9.43. The van der Waals surface area contributed by atoms with Crippen molar-refractivity contribution in [3.05, 3.63) is 34.3 Å². The highest BCUT2D eigenvalue weighted by Crippen LogP contribution is 2.12. The normalized spacial score (nSPS) is 8.31. The Labute approximate surface area is 88.1 Å². The molecule has 1 amide bonds. The van der Waals surface area contributed by atoms with Gasteiger partial charge in [0.25, 0.3) is 0 Å². The fraction of sp³-hybridized carbons (Fsp3) is 0.222. The summed E-state index contributed by atoms with van der Waals surface area (Å²) in [6.07, 6.45) is 0.750. The summed E-state index contributed by atoms with van der Waals surface area (Å²) < 4.78 is 0. The highest BCUT2D eigenvalue weighted by atomic mass is 35.5. The van der Waals surface area contributed by atoms with Gasteiger partial charge in [-0.2, -0.15) is 0 Å². The Balaban J connectivity index is 0.000000252. The fourth-order valence-corrected chi connectivity index (χ4v) is 0.682. The van der Waals surface area contributed by atoms with Gasteiger partial charge in [-0.3, -0.25) is 4.79 Å². The van der Waals surface area contributed by atoms with Gasteiger partial charge in [-0.25, -0.2) is 0 Å². The monoisotopic (exact) mass is 219 g/mol. The zero-order valence-electron chi connectivity index (χ0n) is 7.50. The lowest BCUT2D eigenvalue weighted by atomic mass is 10.4. The molecule has 0 unspecified atom stereocenters. The first-order chi connectivity index (χ1) is 6.06. The highest BCUT2D eigenvalue weighted by Gasteiger charge is 1.83. The van der Waals surface area contributed by atoms with E-state index in [4.69, 9.17) is 23.2 Å². The molecule has 0 atom stereocenters. The Kier molecular flexibility index (Phi) is 6.37. The van der Waals surface area contributed by atoms with Crippen molar-refractivity contribution in [3.8, 4) is 0 Å². The molecule has 1 rings (SSSR count). The number of carbonyl (C=O) groups is 1. The topological polar surface area (TPSA) is 20.3 Å². The predicted molar refractivity (Wildman–Crippen MR) is 56.2 cm³/mol. The minimum atomic E-state index is 0.717. The maximum Gasteiger partial charge on any atom is 0.209 e. The van der Waals surface area contributed by atoms with Gasteiger partial charge in [-0.1, -0.05) is 23.2 Å². The van der Waals surface area contributed by atoms with Crippen LogP contribution in [-0.4, -0.2) is 25.4 Å². The molecule has 0 fully saturated rings. The number of amides is 1. The van der Waals surface area contributed by atoms with Crippen LogP contribution in [0.5, 0.6) is 0 Å². The first-order valence-electron chi connectivity index (χ1n) is 3.59. The highest BCUT2D eigenvalue weighted by molar-refractivity contribution is 6.32. The SMILES string of the molecule is CN(C)C=O.Clc1ccc(Cl)cc1. The first-order valence-corrected chi connectivity index (χ1v) is 4.34. The van der Waals surface area contributed by atoms with Crippen LogP contribution in [0.3, 0.4) is 0 Å². The number of benzene rings is 1. The van der Waals surface area contributed by atoms with Crippen LogP contribution in [0.4, 0.5) is 0 Å². The van der Waals surface area contributed by atoms with Crippen LogP contribution in [0.25, 0.3) is 0 Å². The molecule has 0 saturated heterocycles. The van der Waals surface area contributed by atoms with Gasteiger partial charge in [-0.05, 0) is 24.3 Å². The van der Waals surface area contributed by atoms with Crippen molar-refractivity contribution in [1.29, 1.82) is 0 Å². The summed E-state index contributed by atoms with van der Waals surface area (Å²) in [5.74, 6) is 0. The number of carbonyl (C=O) groups excluding carboxylic acids is 1. The van der Waals surface area contributed by atoms with E-state index in [2.05, 4.69) is 0 Å². The summed E-state index contributed by atoms with van der Waals surface area (Å²) in [6, 6.07) is 7.02. The lowest BCUT2D eigenvalue weighted by Crippen LogP contribution is -2.06. The third-order valence-electron chi connectivity index (χ3n) is 1.01. The Bertz CT molecular complexity index is 225. The van der Waals surface area contributed by atoms with E-state index in [1.165, 1.54) is 4.90 Å². The van der Waals surface area contributed by atoms with Crippen molar-refractivity contribution in [3.63, 3.8) is 0 Å². The zero-order chi connectivity index (χ0) is 10.3. The Morgan fingerprint density at radius 3 is 1.46 bits per heavy atom. The third kappa shape index (κ3) is 7.62. The van der Waals surface area contributed by atoms with E-state index in [1.807, 2.05) is 0 Å². The van der Waals surface area contributed by atoms with Crippen molar-refractivity contribution in [2.75, 3.05) is 14.1 Å². The summed E-state index contributed by atoms with van der Waals surface area (Å²) in [5, 5.41) is 1.43. The molecule has 0 aromatic heterocycles. The number of hydrogen-bond acceptors (Lipinski definition) is 1. The quantitative estimate of drug-likeness (QED) is 0.666. The van der Waals surface area contributed by atoms with Crippen molar-refractivity contribution in [1.82, 2.24) is 4.90 Å². The van der Waals surface area contributed by atoms with E-state index in [9.17, 15) is 4.79 Å². The lowest BCUT2D eigenvalue weighted by Gasteiger charge is -1.93. The second kappa shape index (κ2) is 6.75. The second-order valence-electron chi connectivity index (χ2n) is 2.51. The Morgan fingerprint density at radius 2 is 1.31 bits per heavy atom.